The average molecular weight is 276 g/mol. The van der Waals surface area contributed by atoms with Crippen LogP contribution in [0.3, 0.4) is 0 Å². The molecule has 1 aromatic rings. The van der Waals surface area contributed by atoms with Crippen molar-refractivity contribution in [3.63, 3.8) is 0 Å². The Labute approximate surface area is 118 Å². The molecular weight excluding hydrogens is 256 g/mol. The number of ether oxygens (including phenoxy) is 2. The van der Waals surface area contributed by atoms with E-state index >= 15 is 0 Å². The highest BCUT2D eigenvalue weighted by Crippen LogP contribution is 2.51. The molecular formula is C16H20O4. The van der Waals surface area contributed by atoms with Crippen LogP contribution in [-0.2, 0) is 26.3 Å². The van der Waals surface area contributed by atoms with Crippen molar-refractivity contribution in [1.29, 1.82) is 0 Å². The minimum Gasteiger partial charge on any atom is -0.508 e. The summed E-state index contributed by atoms with van der Waals surface area (Å²) in [5.41, 5.74) is 1.28. The molecule has 4 heteroatoms. The highest BCUT2D eigenvalue weighted by atomic mass is 16.7. The van der Waals surface area contributed by atoms with E-state index in [9.17, 15) is 9.90 Å². The van der Waals surface area contributed by atoms with Crippen molar-refractivity contribution in [2.45, 2.75) is 51.1 Å². The van der Waals surface area contributed by atoms with E-state index in [0.717, 1.165) is 30.3 Å². The molecule has 20 heavy (non-hydrogen) atoms. The Morgan fingerprint density at radius 3 is 2.80 bits per heavy atom. The first-order valence-corrected chi connectivity index (χ1v) is 7.02. The molecule has 1 heterocycles. The highest BCUT2D eigenvalue weighted by molar-refractivity contribution is 5.58. The van der Waals surface area contributed by atoms with Crippen LogP contribution in [0.1, 0.15) is 38.3 Å². The van der Waals surface area contributed by atoms with E-state index in [2.05, 4.69) is 0 Å². The molecule has 0 unspecified atom stereocenters. The molecule has 0 aromatic heterocycles. The van der Waals surface area contributed by atoms with E-state index in [1.807, 2.05) is 32.9 Å². The van der Waals surface area contributed by atoms with Gasteiger partial charge in [-0.3, -0.25) is 0 Å². The lowest BCUT2D eigenvalue weighted by Gasteiger charge is -2.53. The summed E-state index contributed by atoms with van der Waals surface area (Å²) in [6, 6.07) is 5.50. The molecule has 108 valence electrons. The van der Waals surface area contributed by atoms with Gasteiger partial charge < -0.3 is 19.4 Å². The quantitative estimate of drug-likeness (QED) is 0.801. The van der Waals surface area contributed by atoms with Gasteiger partial charge in [0.25, 0.3) is 0 Å². The van der Waals surface area contributed by atoms with Crippen LogP contribution in [-0.4, -0.2) is 23.3 Å². The average Bonchev–Trinajstić information content (AvgIpc) is 2.36. The number of aldehydes is 1. The zero-order valence-corrected chi connectivity index (χ0v) is 12.1. The molecule has 1 saturated heterocycles. The first kappa shape index (κ1) is 13.6. The number of hydrogen-bond acceptors (Lipinski definition) is 4. The van der Waals surface area contributed by atoms with Crippen LogP contribution in [0.4, 0.5) is 0 Å². The van der Waals surface area contributed by atoms with Crippen molar-refractivity contribution < 1.29 is 19.4 Å². The van der Waals surface area contributed by atoms with Crippen LogP contribution in [0.5, 0.6) is 5.75 Å². The van der Waals surface area contributed by atoms with Crippen LogP contribution < -0.4 is 0 Å². The number of carbonyl (C=O) groups excluding carboxylic acids is 1. The fourth-order valence-electron chi connectivity index (χ4n) is 3.75. The van der Waals surface area contributed by atoms with Crippen LogP contribution in [0.15, 0.2) is 18.2 Å². The number of aromatic hydroxyl groups is 1. The van der Waals surface area contributed by atoms with E-state index in [1.165, 1.54) is 0 Å². The van der Waals surface area contributed by atoms with Crippen molar-refractivity contribution >= 4 is 6.29 Å². The second-order valence-electron chi connectivity index (χ2n) is 6.28. The van der Waals surface area contributed by atoms with Crippen LogP contribution >= 0.6 is 0 Å². The van der Waals surface area contributed by atoms with Crippen LogP contribution in [0.25, 0.3) is 0 Å². The Balaban J connectivity index is 2.14. The predicted molar refractivity (Wildman–Crippen MR) is 73.4 cm³/mol. The van der Waals surface area contributed by atoms with Crippen LogP contribution in [0, 0.1) is 5.92 Å². The SMILES string of the molecule is CC1(C)O[C@@H](C=O)[C@H]2CCc3c(O)cccc3[C@]2(C)O1. The van der Waals surface area contributed by atoms with Gasteiger partial charge in [0, 0.05) is 5.92 Å². The molecule has 1 aliphatic carbocycles. The lowest BCUT2D eigenvalue weighted by molar-refractivity contribution is -0.351. The Hall–Kier alpha value is -1.39. The molecule has 0 spiro atoms. The normalized spacial score (nSPS) is 35.0. The van der Waals surface area contributed by atoms with Gasteiger partial charge >= 0.3 is 0 Å². The summed E-state index contributed by atoms with van der Waals surface area (Å²) in [5.74, 6) is -0.545. The summed E-state index contributed by atoms with van der Waals surface area (Å²) < 4.78 is 11.9. The Morgan fingerprint density at radius 2 is 2.10 bits per heavy atom. The van der Waals surface area contributed by atoms with E-state index in [1.54, 1.807) is 6.07 Å². The predicted octanol–water partition coefficient (Wildman–Crippen LogP) is 2.52. The van der Waals surface area contributed by atoms with E-state index in [-0.39, 0.29) is 5.92 Å². The number of fused-ring (bicyclic) bond motifs is 3. The fourth-order valence-corrected chi connectivity index (χ4v) is 3.75. The molecule has 2 aliphatic rings. The number of phenolic OH excluding ortho intramolecular Hbond substituents is 1. The summed E-state index contributed by atoms with van der Waals surface area (Å²) in [6.45, 7) is 5.64. The Morgan fingerprint density at radius 1 is 1.35 bits per heavy atom. The van der Waals surface area contributed by atoms with Gasteiger partial charge in [-0.15, -0.1) is 0 Å². The van der Waals surface area contributed by atoms with Crippen molar-refractivity contribution in [2.24, 2.45) is 5.92 Å². The van der Waals surface area contributed by atoms with Crippen molar-refractivity contribution in [3.05, 3.63) is 29.3 Å². The van der Waals surface area contributed by atoms with Gasteiger partial charge in [0.15, 0.2) is 5.79 Å². The van der Waals surface area contributed by atoms with E-state index in [0.29, 0.717) is 5.75 Å². The first-order valence-electron chi connectivity index (χ1n) is 7.02. The standard InChI is InChI=1S/C16H20O4/c1-15(2)19-14(9-17)12-8-7-10-11(16(12,3)20-15)5-4-6-13(10)18/h4-6,9,12,14,18H,7-8H2,1-3H3/t12-,14+,16+/m1/s1. The fraction of sp³-hybridized carbons (Fsp3) is 0.562. The maximum Gasteiger partial charge on any atom is 0.164 e. The summed E-state index contributed by atoms with van der Waals surface area (Å²) in [6.07, 6.45) is 1.90. The maximum atomic E-state index is 11.4. The molecule has 0 amide bonds. The molecule has 0 radical (unpaired) electrons. The minimum atomic E-state index is -0.823. The summed E-state index contributed by atoms with van der Waals surface area (Å²) in [4.78, 5) is 11.4. The second-order valence-corrected chi connectivity index (χ2v) is 6.28. The maximum absolute atomic E-state index is 11.4. The third-order valence-corrected chi connectivity index (χ3v) is 4.51. The lowest BCUT2D eigenvalue weighted by atomic mass is 9.69. The Kier molecular flexibility index (Phi) is 2.92. The number of carbonyl (C=O) groups is 1. The summed E-state index contributed by atoms with van der Waals surface area (Å²) >= 11 is 0. The van der Waals surface area contributed by atoms with Gasteiger partial charge in [-0.25, -0.2) is 0 Å². The topological polar surface area (TPSA) is 55.8 Å². The molecule has 4 nitrogen and oxygen atoms in total. The molecule has 1 fully saturated rings. The molecule has 3 atom stereocenters. The number of phenols is 1. The molecule has 1 N–H and O–H groups in total. The zero-order chi connectivity index (χ0) is 14.5. The van der Waals surface area contributed by atoms with Gasteiger partial charge in [0.1, 0.15) is 18.1 Å². The molecule has 3 rings (SSSR count). The zero-order valence-electron chi connectivity index (χ0n) is 12.1. The number of benzene rings is 1. The van der Waals surface area contributed by atoms with Gasteiger partial charge in [-0.05, 0) is 50.8 Å². The smallest absolute Gasteiger partial charge is 0.164 e. The molecule has 1 aromatic carbocycles. The largest absolute Gasteiger partial charge is 0.508 e. The van der Waals surface area contributed by atoms with E-state index < -0.39 is 17.5 Å². The molecule has 1 aliphatic heterocycles. The lowest BCUT2D eigenvalue weighted by Crippen LogP contribution is -2.57. The molecule has 0 bridgehead atoms. The first-order chi connectivity index (χ1) is 9.37. The molecule has 0 saturated carbocycles. The third kappa shape index (κ3) is 1.86. The Bertz CT molecular complexity index is 551. The highest BCUT2D eigenvalue weighted by Gasteiger charge is 2.54. The third-order valence-electron chi connectivity index (χ3n) is 4.51. The van der Waals surface area contributed by atoms with Gasteiger partial charge in [-0.1, -0.05) is 12.1 Å². The van der Waals surface area contributed by atoms with Gasteiger partial charge in [0.2, 0.25) is 0 Å². The number of rotatable bonds is 1. The monoisotopic (exact) mass is 276 g/mol. The van der Waals surface area contributed by atoms with Gasteiger partial charge in [-0.2, -0.15) is 0 Å². The summed E-state index contributed by atoms with van der Waals surface area (Å²) in [7, 11) is 0. The van der Waals surface area contributed by atoms with Crippen molar-refractivity contribution in [3.8, 4) is 5.75 Å². The van der Waals surface area contributed by atoms with Crippen LogP contribution in [0.2, 0.25) is 0 Å². The second kappa shape index (κ2) is 4.30. The van der Waals surface area contributed by atoms with Crippen molar-refractivity contribution in [2.75, 3.05) is 0 Å². The van der Waals surface area contributed by atoms with Crippen molar-refractivity contribution in [1.82, 2.24) is 0 Å². The minimum absolute atomic E-state index is 0.0256. The van der Waals surface area contributed by atoms with Gasteiger partial charge in [0.05, 0.1) is 5.60 Å². The number of hydrogen-bond donors (Lipinski definition) is 1. The van der Waals surface area contributed by atoms with E-state index in [4.69, 9.17) is 9.47 Å². The summed E-state index contributed by atoms with van der Waals surface area (Å²) in [5, 5.41) is 10.1.